The normalized spacial score (nSPS) is 17.6. The van der Waals surface area contributed by atoms with Gasteiger partial charge in [0.05, 0.1) is 17.7 Å². The van der Waals surface area contributed by atoms with Crippen LogP contribution >= 0.6 is 11.3 Å². The van der Waals surface area contributed by atoms with Crippen molar-refractivity contribution in [3.8, 4) is 0 Å². The van der Waals surface area contributed by atoms with E-state index >= 15 is 0 Å². The molecule has 0 spiro atoms. The number of rotatable bonds is 3. The first-order valence-corrected chi connectivity index (χ1v) is 11.7. The van der Waals surface area contributed by atoms with Crippen molar-refractivity contribution in [1.82, 2.24) is 19.4 Å². The van der Waals surface area contributed by atoms with Crippen molar-refractivity contribution in [3.63, 3.8) is 0 Å². The summed E-state index contributed by atoms with van der Waals surface area (Å²) >= 11 is 1.62. The summed E-state index contributed by atoms with van der Waals surface area (Å²) in [6.45, 7) is 8.22. The second kappa shape index (κ2) is 8.49. The maximum absolute atomic E-state index is 12.6. The van der Waals surface area contributed by atoms with Gasteiger partial charge in [0, 0.05) is 36.0 Å². The molecule has 30 heavy (non-hydrogen) atoms. The fourth-order valence-corrected chi connectivity index (χ4v) is 5.19. The zero-order chi connectivity index (χ0) is 21.3. The van der Waals surface area contributed by atoms with Crippen LogP contribution in [0.1, 0.15) is 62.7 Å². The van der Waals surface area contributed by atoms with Gasteiger partial charge in [0.15, 0.2) is 5.13 Å². The fraction of sp³-hybridized carbons (Fsp3) is 0.636. The van der Waals surface area contributed by atoms with Crippen LogP contribution in [0, 0.1) is 5.92 Å². The van der Waals surface area contributed by atoms with Gasteiger partial charge in [-0.25, -0.2) is 14.8 Å². The molecule has 1 aliphatic heterocycles. The highest BCUT2D eigenvalue weighted by atomic mass is 32.1. The monoisotopic (exact) mass is 429 g/mol. The lowest BCUT2D eigenvalue weighted by atomic mass is 9.92. The Kier molecular flexibility index (Phi) is 5.95. The number of nitrogens with one attached hydrogen (secondary N) is 1. The molecule has 1 saturated heterocycles. The zero-order valence-corrected chi connectivity index (χ0v) is 18.9. The van der Waals surface area contributed by atoms with Crippen molar-refractivity contribution in [1.29, 1.82) is 0 Å². The number of urea groups is 1. The van der Waals surface area contributed by atoms with Crippen molar-refractivity contribution in [2.24, 2.45) is 5.92 Å². The van der Waals surface area contributed by atoms with E-state index < -0.39 is 0 Å². The lowest BCUT2D eigenvalue weighted by molar-refractivity contribution is 0.176. The summed E-state index contributed by atoms with van der Waals surface area (Å²) in [6.07, 6.45) is 7.96. The summed E-state index contributed by atoms with van der Waals surface area (Å²) in [5.74, 6) is 0.376. The standard InChI is InChI=1S/C22H31N5O2S/c1-22(2,3)18-12-19(28)27(14-23-18)13-15-8-10-26(11-9-15)21(29)25-20-24-16-6-4-5-7-17(16)30-20/h12,14-15H,4-11,13H2,1-3H3,(H,24,25,29). The number of amides is 2. The Morgan fingerprint density at radius 1 is 1.23 bits per heavy atom. The summed E-state index contributed by atoms with van der Waals surface area (Å²) in [5, 5.41) is 3.72. The first-order valence-electron chi connectivity index (χ1n) is 10.9. The maximum atomic E-state index is 12.6. The third-order valence-electron chi connectivity index (χ3n) is 6.06. The third kappa shape index (κ3) is 4.74. The second-order valence-electron chi connectivity index (χ2n) is 9.47. The van der Waals surface area contributed by atoms with Gasteiger partial charge in [-0.3, -0.25) is 14.7 Å². The largest absolute Gasteiger partial charge is 0.324 e. The van der Waals surface area contributed by atoms with E-state index in [1.807, 2.05) is 4.90 Å². The molecule has 2 amide bonds. The van der Waals surface area contributed by atoms with Crippen molar-refractivity contribution in [3.05, 3.63) is 39.0 Å². The van der Waals surface area contributed by atoms with E-state index in [1.54, 1.807) is 28.3 Å². The topological polar surface area (TPSA) is 80.1 Å². The van der Waals surface area contributed by atoms with Gasteiger partial charge in [0.1, 0.15) is 0 Å². The highest BCUT2D eigenvalue weighted by Crippen LogP contribution is 2.30. The lowest BCUT2D eigenvalue weighted by Crippen LogP contribution is -2.42. The molecule has 0 radical (unpaired) electrons. The molecule has 1 aliphatic carbocycles. The number of fused-ring (bicyclic) bond motifs is 1. The van der Waals surface area contributed by atoms with Crippen LogP contribution in [0.5, 0.6) is 0 Å². The average molecular weight is 430 g/mol. The Hall–Kier alpha value is -2.22. The van der Waals surface area contributed by atoms with Crippen LogP contribution < -0.4 is 10.9 Å². The van der Waals surface area contributed by atoms with Crippen LogP contribution in [0.3, 0.4) is 0 Å². The fourth-order valence-electron chi connectivity index (χ4n) is 4.15. The first kappa shape index (κ1) is 21.0. The van der Waals surface area contributed by atoms with Crippen LogP contribution in [0.4, 0.5) is 9.93 Å². The molecular weight excluding hydrogens is 398 g/mol. The van der Waals surface area contributed by atoms with Gasteiger partial charge >= 0.3 is 6.03 Å². The van der Waals surface area contributed by atoms with Crippen LogP contribution in [-0.2, 0) is 24.8 Å². The maximum Gasteiger partial charge on any atom is 0.323 e. The Bertz CT molecular complexity index is 943. The molecule has 8 heteroatoms. The summed E-state index contributed by atoms with van der Waals surface area (Å²) in [6, 6.07) is 1.59. The average Bonchev–Trinajstić information content (AvgIpc) is 3.11. The lowest BCUT2D eigenvalue weighted by Gasteiger charge is -2.32. The molecule has 7 nitrogen and oxygen atoms in total. The minimum Gasteiger partial charge on any atom is -0.324 e. The Balaban J connectivity index is 1.30. The molecule has 0 unspecified atom stereocenters. The number of carbonyl (C=O) groups excluding carboxylic acids is 1. The molecule has 1 fully saturated rings. The van der Waals surface area contributed by atoms with Gasteiger partial charge < -0.3 is 4.90 Å². The summed E-state index contributed by atoms with van der Waals surface area (Å²) < 4.78 is 1.70. The van der Waals surface area contributed by atoms with Crippen molar-refractivity contribution < 1.29 is 4.79 Å². The van der Waals surface area contributed by atoms with Gasteiger partial charge in [-0.05, 0) is 44.4 Å². The SMILES string of the molecule is CC(C)(C)c1cc(=O)n(CC2CCN(C(=O)Nc3nc4c(s3)CCCC4)CC2)cn1. The molecule has 1 N–H and O–H groups in total. The Labute approximate surface area is 181 Å². The van der Waals surface area contributed by atoms with Crippen LogP contribution in [0.25, 0.3) is 0 Å². The van der Waals surface area contributed by atoms with Gasteiger partial charge in [0.2, 0.25) is 0 Å². The molecule has 4 rings (SSSR count). The predicted molar refractivity (Wildman–Crippen MR) is 119 cm³/mol. The minimum absolute atomic E-state index is 0.00262. The van der Waals surface area contributed by atoms with Crippen molar-refractivity contribution in [2.45, 2.75) is 71.3 Å². The number of likely N-dealkylation sites (tertiary alicyclic amines) is 1. The van der Waals surface area contributed by atoms with E-state index in [1.165, 1.54) is 17.7 Å². The first-order chi connectivity index (χ1) is 14.3. The summed E-state index contributed by atoms with van der Waals surface area (Å²) in [5.41, 5.74) is 1.85. The molecule has 0 bridgehead atoms. The van der Waals surface area contributed by atoms with Gasteiger partial charge in [-0.15, -0.1) is 11.3 Å². The highest BCUT2D eigenvalue weighted by molar-refractivity contribution is 7.15. The Morgan fingerprint density at radius 2 is 1.97 bits per heavy atom. The van der Waals surface area contributed by atoms with E-state index in [0.29, 0.717) is 25.6 Å². The van der Waals surface area contributed by atoms with Gasteiger partial charge in [0.25, 0.3) is 5.56 Å². The molecule has 3 heterocycles. The van der Waals surface area contributed by atoms with E-state index in [9.17, 15) is 9.59 Å². The molecule has 0 atom stereocenters. The minimum atomic E-state index is -0.131. The summed E-state index contributed by atoms with van der Waals surface area (Å²) in [4.78, 5) is 37.4. The number of nitrogens with zero attached hydrogens (tertiary/aromatic N) is 4. The van der Waals surface area contributed by atoms with Crippen molar-refractivity contribution >= 4 is 22.5 Å². The number of hydrogen-bond donors (Lipinski definition) is 1. The molecular formula is C22H31N5O2S. The Morgan fingerprint density at radius 3 is 2.63 bits per heavy atom. The number of thiazole rings is 1. The molecule has 0 aromatic carbocycles. The number of carbonyl (C=O) groups is 1. The van der Waals surface area contributed by atoms with Crippen LogP contribution in [-0.4, -0.2) is 38.6 Å². The van der Waals surface area contributed by atoms with Gasteiger partial charge in [-0.1, -0.05) is 20.8 Å². The molecule has 162 valence electrons. The quantitative estimate of drug-likeness (QED) is 0.804. The highest BCUT2D eigenvalue weighted by Gasteiger charge is 2.25. The molecule has 2 aliphatic rings. The second-order valence-corrected chi connectivity index (χ2v) is 10.6. The predicted octanol–water partition coefficient (Wildman–Crippen LogP) is 3.82. The van der Waals surface area contributed by atoms with E-state index in [-0.39, 0.29) is 17.0 Å². The van der Waals surface area contributed by atoms with Crippen molar-refractivity contribution in [2.75, 3.05) is 18.4 Å². The molecule has 0 saturated carbocycles. The molecule has 2 aromatic heterocycles. The number of aryl methyl sites for hydroxylation is 2. The van der Waals surface area contributed by atoms with E-state index in [2.05, 4.69) is 36.1 Å². The zero-order valence-electron chi connectivity index (χ0n) is 18.1. The number of hydrogen-bond acceptors (Lipinski definition) is 5. The molecule has 2 aromatic rings. The number of anilines is 1. The van der Waals surface area contributed by atoms with E-state index in [0.717, 1.165) is 42.2 Å². The van der Waals surface area contributed by atoms with E-state index in [4.69, 9.17) is 0 Å². The number of aromatic nitrogens is 3. The number of piperidine rings is 1. The van der Waals surface area contributed by atoms with Gasteiger partial charge in [-0.2, -0.15) is 0 Å². The van der Waals surface area contributed by atoms with Crippen LogP contribution in [0.2, 0.25) is 0 Å². The third-order valence-corrected chi connectivity index (χ3v) is 7.14. The summed E-state index contributed by atoms with van der Waals surface area (Å²) in [7, 11) is 0. The smallest absolute Gasteiger partial charge is 0.323 e. The van der Waals surface area contributed by atoms with Crippen LogP contribution in [0.15, 0.2) is 17.2 Å².